The lowest BCUT2D eigenvalue weighted by Gasteiger charge is -2.18. The Labute approximate surface area is 418 Å². The van der Waals surface area contributed by atoms with E-state index in [9.17, 15) is 14.4 Å². The predicted octanol–water partition coefficient (Wildman–Crippen LogP) is 20.3. The number of esters is 3. The minimum absolute atomic E-state index is 0.0610. The molecule has 0 aliphatic heterocycles. The molecule has 0 amide bonds. The molecule has 67 heavy (non-hydrogen) atoms. The summed E-state index contributed by atoms with van der Waals surface area (Å²) in [6.07, 6.45) is 63.9. The molecule has 0 aromatic rings. The normalized spacial score (nSPS) is 11.9. The fraction of sp³-hybridized carbons (Fsp3) is 0.951. The fourth-order valence-electron chi connectivity index (χ4n) is 9.51. The molecule has 0 fully saturated rings. The minimum atomic E-state index is -0.761. The maximum absolute atomic E-state index is 12.9. The maximum atomic E-state index is 12.9. The second-order valence-electron chi connectivity index (χ2n) is 21.0. The quantitative estimate of drug-likeness (QED) is 0.0343. The predicted molar refractivity (Wildman–Crippen MR) is 289 cm³/mol. The third-order valence-corrected chi connectivity index (χ3v) is 14.1. The van der Waals surface area contributed by atoms with E-state index in [1.54, 1.807) is 0 Å². The highest BCUT2D eigenvalue weighted by Gasteiger charge is 2.19. The Bertz CT molecular complexity index is 998. The van der Waals surface area contributed by atoms with Crippen LogP contribution in [0.4, 0.5) is 0 Å². The van der Waals surface area contributed by atoms with E-state index in [4.69, 9.17) is 14.2 Å². The van der Waals surface area contributed by atoms with Crippen LogP contribution in [0, 0.1) is 0 Å². The number of unbranched alkanes of at least 4 members (excludes halogenated alkanes) is 46. The fourth-order valence-corrected chi connectivity index (χ4v) is 9.51. The van der Waals surface area contributed by atoms with Crippen molar-refractivity contribution in [3.8, 4) is 0 Å². The summed E-state index contributed by atoms with van der Waals surface area (Å²) in [6.45, 7) is 6.70. The maximum Gasteiger partial charge on any atom is 0.306 e. The summed E-state index contributed by atoms with van der Waals surface area (Å²) < 4.78 is 16.9. The first-order valence-corrected chi connectivity index (χ1v) is 30.5. The molecule has 0 saturated carbocycles. The van der Waals surface area contributed by atoms with Gasteiger partial charge in [-0.25, -0.2) is 0 Å². The molecule has 0 aliphatic carbocycles. The molecular formula is C61H118O6. The van der Waals surface area contributed by atoms with Crippen LogP contribution in [-0.4, -0.2) is 37.2 Å². The highest BCUT2D eigenvalue weighted by atomic mass is 16.6. The summed E-state index contributed by atoms with van der Waals surface area (Å²) in [5.41, 5.74) is 0. The van der Waals surface area contributed by atoms with Gasteiger partial charge in [0.1, 0.15) is 13.2 Å². The van der Waals surface area contributed by atoms with Gasteiger partial charge in [0.25, 0.3) is 0 Å². The standard InChI is InChI=1S/C61H118O6/c1-4-7-10-13-16-19-22-24-26-28-30-32-33-35-37-39-42-45-48-51-54-60(63)66-57-58(56-65-59(62)53-50-47-44-41-21-18-15-12-9-6-3)67-61(64)55-52-49-46-43-40-38-36-34-31-29-27-25-23-20-17-14-11-8-5-2/h58H,4-57H2,1-3H3. The summed E-state index contributed by atoms with van der Waals surface area (Å²) in [5.74, 6) is -0.832. The summed E-state index contributed by atoms with van der Waals surface area (Å²) >= 11 is 0. The smallest absolute Gasteiger partial charge is 0.306 e. The number of rotatable bonds is 57. The van der Waals surface area contributed by atoms with Crippen molar-refractivity contribution in [3.63, 3.8) is 0 Å². The van der Waals surface area contributed by atoms with E-state index in [0.29, 0.717) is 19.3 Å². The van der Waals surface area contributed by atoms with Crippen molar-refractivity contribution < 1.29 is 28.6 Å². The molecule has 0 aliphatic rings. The molecule has 6 nitrogen and oxygen atoms in total. The largest absolute Gasteiger partial charge is 0.462 e. The average molecular weight is 948 g/mol. The summed E-state index contributed by atoms with van der Waals surface area (Å²) in [5, 5.41) is 0. The molecular weight excluding hydrogens is 829 g/mol. The molecule has 0 aromatic heterocycles. The Morgan fingerprint density at radius 3 is 0.597 bits per heavy atom. The molecule has 6 heteroatoms. The van der Waals surface area contributed by atoms with Gasteiger partial charge in [-0.05, 0) is 19.3 Å². The number of hydrogen-bond donors (Lipinski definition) is 0. The van der Waals surface area contributed by atoms with E-state index < -0.39 is 6.10 Å². The topological polar surface area (TPSA) is 78.9 Å². The molecule has 0 spiro atoms. The van der Waals surface area contributed by atoms with Gasteiger partial charge in [0, 0.05) is 19.3 Å². The van der Waals surface area contributed by atoms with E-state index in [0.717, 1.165) is 57.8 Å². The zero-order valence-electron chi connectivity index (χ0n) is 45.7. The van der Waals surface area contributed by atoms with E-state index in [-0.39, 0.29) is 31.1 Å². The summed E-state index contributed by atoms with van der Waals surface area (Å²) in [6, 6.07) is 0. The lowest BCUT2D eigenvalue weighted by atomic mass is 10.0. The Morgan fingerprint density at radius 2 is 0.403 bits per heavy atom. The molecule has 0 rings (SSSR count). The Hall–Kier alpha value is -1.59. The Balaban J connectivity index is 4.20. The Morgan fingerprint density at radius 1 is 0.239 bits per heavy atom. The molecule has 0 aromatic carbocycles. The van der Waals surface area contributed by atoms with Crippen molar-refractivity contribution in [1.29, 1.82) is 0 Å². The SMILES string of the molecule is CCCCCCCCCCCCCCCCCCCCCCC(=O)OCC(COC(=O)CCCCCCCCCCCC)OC(=O)CCCCCCCCCCCCCCCCCCCCC. The molecule has 1 atom stereocenters. The van der Waals surface area contributed by atoms with Crippen molar-refractivity contribution in [2.75, 3.05) is 13.2 Å². The van der Waals surface area contributed by atoms with Crippen LogP contribution >= 0.6 is 0 Å². The van der Waals surface area contributed by atoms with Crippen molar-refractivity contribution >= 4 is 17.9 Å². The highest BCUT2D eigenvalue weighted by Crippen LogP contribution is 2.18. The lowest BCUT2D eigenvalue weighted by molar-refractivity contribution is -0.167. The van der Waals surface area contributed by atoms with Crippen LogP contribution in [0.25, 0.3) is 0 Å². The first-order chi connectivity index (χ1) is 33.0. The van der Waals surface area contributed by atoms with Gasteiger partial charge in [-0.1, -0.05) is 316 Å². The third kappa shape index (κ3) is 55.2. The van der Waals surface area contributed by atoms with Crippen LogP contribution < -0.4 is 0 Å². The van der Waals surface area contributed by atoms with Gasteiger partial charge in [0.05, 0.1) is 0 Å². The van der Waals surface area contributed by atoms with E-state index in [2.05, 4.69) is 20.8 Å². The first-order valence-electron chi connectivity index (χ1n) is 30.5. The molecule has 0 bridgehead atoms. The third-order valence-electron chi connectivity index (χ3n) is 14.1. The van der Waals surface area contributed by atoms with Gasteiger partial charge in [0.2, 0.25) is 0 Å². The van der Waals surface area contributed by atoms with Gasteiger partial charge in [-0.15, -0.1) is 0 Å². The molecule has 0 saturated heterocycles. The van der Waals surface area contributed by atoms with Gasteiger partial charge in [0.15, 0.2) is 6.10 Å². The Kier molecular flexibility index (Phi) is 55.6. The van der Waals surface area contributed by atoms with Crippen LogP contribution in [0.2, 0.25) is 0 Å². The van der Waals surface area contributed by atoms with E-state index >= 15 is 0 Å². The lowest BCUT2D eigenvalue weighted by Crippen LogP contribution is -2.30. The van der Waals surface area contributed by atoms with Crippen LogP contribution in [0.3, 0.4) is 0 Å². The van der Waals surface area contributed by atoms with Crippen LogP contribution in [0.15, 0.2) is 0 Å². The second-order valence-corrected chi connectivity index (χ2v) is 21.0. The molecule has 1 unspecified atom stereocenters. The van der Waals surface area contributed by atoms with Gasteiger partial charge in [-0.2, -0.15) is 0 Å². The number of carbonyl (C=O) groups is 3. The zero-order valence-corrected chi connectivity index (χ0v) is 45.7. The molecule has 0 radical (unpaired) electrons. The van der Waals surface area contributed by atoms with Crippen LogP contribution in [-0.2, 0) is 28.6 Å². The van der Waals surface area contributed by atoms with Crippen molar-refractivity contribution in [3.05, 3.63) is 0 Å². The number of ether oxygens (including phenoxy) is 3. The first kappa shape index (κ1) is 65.4. The molecule has 0 heterocycles. The number of carbonyl (C=O) groups excluding carboxylic acids is 3. The zero-order chi connectivity index (χ0) is 48.6. The van der Waals surface area contributed by atoms with Crippen LogP contribution in [0.5, 0.6) is 0 Å². The monoisotopic (exact) mass is 947 g/mol. The van der Waals surface area contributed by atoms with Crippen molar-refractivity contribution in [2.45, 2.75) is 361 Å². The molecule has 0 N–H and O–H groups in total. The van der Waals surface area contributed by atoms with Gasteiger partial charge < -0.3 is 14.2 Å². The summed E-state index contributed by atoms with van der Waals surface area (Å²) in [4.78, 5) is 38.1. The summed E-state index contributed by atoms with van der Waals surface area (Å²) in [7, 11) is 0. The van der Waals surface area contributed by atoms with E-state index in [1.165, 1.54) is 257 Å². The molecule has 398 valence electrons. The highest BCUT2D eigenvalue weighted by molar-refractivity contribution is 5.71. The van der Waals surface area contributed by atoms with Gasteiger partial charge in [-0.3, -0.25) is 14.4 Å². The number of hydrogen-bond acceptors (Lipinski definition) is 6. The average Bonchev–Trinajstić information content (AvgIpc) is 3.33. The second kappa shape index (κ2) is 57.0. The van der Waals surface area contributed by atoms with E-state index in [1.807, 2.05) is 0 Å². The van der Waals surface area contributed by atoms with Crippen molar-refractivity contribution in [1.82, 2.24) is 0 Å². The minimum Gasteiger partial charge on any atom is -0.462 e. The van der Waals surface area contributed by atoms with Gasteiger partial charge >= 0.3 is 17.9 Å². The van der Waals surface area contributed by atoms with Crippen LogP contribution in [0.1, 0.15) is 355 Å². The van der Waals surface area contributed by atoms with Crippen molar-refractivity contribution in [2.24, 2.45) is 0 Å².